The number of ether oxygens (including phenoxy) is 1. The lowest BCUT2D eigenvalue weighted by molar-refractivity contribution is -0.145. The minimum atomic E-state index is -0.201. The van der Waals surface area contributed by atoms with Gasteiger partial charge in [0.15, 0.2) is 5.16 Å². The van der Waals surface area contributed by atoms with Crippen molar-refractivity contribution in [3.05, 3.63) is 6.33 Å². The molecule has 0 aromatic carbocycles. The van der Waals surface area contributed by atoms with Gasteiger partial charge in [0.1, 0.15) is 12.4 Å². The second-order valence-electron chi connectivity index (χ2n) is 4.17. The van der Waals surface area contributed by atoms with Crippen molar-refractivity contribution in [1.29, 1.82) is 0 Å². The van der Waals surface area contributed by atoms with Crippen LogP contribution in [0.25, 0.3) is 0 Å². The number of carbonyl (C=O) groups is 1. The van der Waals surface area contributed by atoms with Crippen LogP contribution in [0.4, 0.5) is 0 Å². The fourth-order valence-corrected chi connectivity index (χ4v) is 2.37. The summed E-state index contributed by atoms with van der Waals surface area (Å²) >= 11 is 1.56. The minimum Gasteiger partial charge on any atom is -0.465 e. The molecule has 0 aliphatic heterocycles. The van der Waals surface area contributed by atoms with E-state index in [0.29, 0.717) is 12.6 Å². The number of hydrogen-bond acceptors (Lipinski definition) is 6. The van der Waals surface area contributed by atoms with Crippen LogP contribution < -0.4 is 5.32 Å². The van der Waals surface area contributed by atoms with Gasteiger partial charge in [-0.1, -0.05) is 11.8 Å². The van der Waals surface area contributed by atoms with Crippen molar-refractivity contribution in [2.75, 3.05) is 12.4 Å². The molecule has 0 spiro atoms. The normalized spacial score (nSPS) is 16.5. The molecule has 1 saturated carbocycles. The van der Waals surface area contributed by atoms with Crippen molar-refractivity contribution in [1.82, 2.24) is 20.5 Å². The number of thioether (sulfide) groups is 1. The van der Waals surface area contributed by atoms with E-state index in [4.69, 9.17) is 4.74 Å². The number of aromatic nitrogens is 3. The Morgan fingerprint density at radius 3 is 3.17 bits per heavy atom. The molecule has 1 fully saturated rings. The molecule has 1 heterocycles. The van der Waals surface area contributed by atoms with E-state index in [1.165, 1.54) is 6.33 Å². The molecule has 1 atom stereocenters. The summed E-state index contributed by atoms with van der Waals surface area (Å²) in [6.07, 6.45) is 4.53. The molecule has 2 N–H and O–H groups in total. The number of carbonyl (C=O) groups excluding carboxylic acids is 1. The highest BCUT2D eigenvalue weighted by atomic mass is 32.2. The Kier molecular flexibility index (Phi) is 5.00. The van der Waals surface area contributed by atoms with Crippen LogP contribution in [0.2, 0.25) is 0 Å². The molecule has 0 bridgehead atoms. The van der Waals surface area contributed by atoms with E-state index in [1.807, 2.05) is 6.92 Å². The second kappa shape index (κ2) is 6.75. The maximum absolute atomic E-state index is 11.8. The van der Waals surface area contributed by atoms with Gasteiger partial charge in [-0.25, -0.2) is 4.98 Å². The van der Waals surface area contributed by atoms with Crippen molar-refractivity contribution in [3.63, 3.8) is 0 Å². The Morgan fingerprint density at radius 2 is 2.56 bits per heavy atom. The predicted octanol–water partition coefficient (Wildman–Crippen LogP) is 0.971. The zero-order valence-corrected chi connectivity index (χ0v) is 11.2. The lowest BCUT2D eigenvalue weighted by Gasteiger charge is -2.16. The van der Waals surface area contributed by atoms with Crippen LogP contribution in [0.5, 0.6) is 0 Å². The van der Waals surface area contributed by atoms with Crippen LogP contribution in [0.1, 0.15) is 26.2 Å². The summed E-state index contributed by atoms with van der Waals surface area (Å²) in [4.78, 5) is 15.8. The van der Waals surface area contributed by atoms with Gasteiger partial charge in [-0.2, -0.15) is 5.10 Å². The van der Waals surface area contributed by atoms with Gasteiger partial charge >= 0.3 is 5.97 Å². The zero-order chi connectivity index (χ0) is 12.8. The fourth-order valence-electron chi connectivity index (χ4n) is 1.58. The Labute approximate surface area is 110 Å². The molecular weight excluding hydrogens is 252 g/mol. The van der Waals surface area contributed by atoms with Crippen molar-refractivity contribution >= 4 is 17.7 Å². The first-order valence-electron chi connectivity index (χ1n) is 6.20. The van der Waals surface area contributed by atoms with Gasteiger partial charge in [0.25, 0.3) is 0 Å². The molecule has 0 amide bonds. The van der Waals surface area contributed by atoms with E-state index >= 15 is 0 Å². The third-order valence-electron chi connectivity index (χ3n) is 2.62. The van der Waals surface area contributed by atoms with Crippen LogP contribution >= 0.6 is 11.8 Å². The number of hydrogen-bond donors (Lipinski definition) is 2. The largest absolute Gasteiger partial charge is 0.465 e. The Balaban J connectivity index is 1.74. The Bertz CT molecular complexity index is 367. The maximum atomic E-state index is 11.8. The summed E-state index contributed by atoms with van der Waals surface area (Å²) in [5, 5.41) is 10.7. The zero-order valence-electron chi connectivity index (χ0n) is 10.4. The van der Waals surface area contributed by atoms with Crippen molar-refractivity contribution in [3.8, 4) is 0 Å². The summed E-state index contributed by atoms with van der Waals surface area (Å²) in [6, 6.07) is 0.294. The first-order valence-corrected chi connectivity index (χ1v) is 7.19. The predicted molar refractivity (Wildman–Crippen MR) is 68.3 cm³/mol. The van der Waals surface area contributed by atoms with Crippen LogP contribution in [0, 0.1) is 0 Å². The first-order chi connectivity index (χ1) is 8.79. The number of nitrogens with one attached hydrogen (secondary N) is 2. The molecular formula is C11H18N4O2S. The van der Waals surface area contributed by atoms with Gasteiger partial charge in [0.2, 0.25) is 0 Å². The Hall–Kier alpha value is -1.08. The number of nitrogens with zero attached hydrogens (tertiary/aromatic N) is 2. The first kappa shape index (κ1) is 13.4. The highest BCUT2D eigenvalue weighted by Gasteiger charge is 2.28. The lowest BCUT2D eigenvalue weighted by Crippen LogP contribution is -2.39. The summed E-state index contributed by atoms with van der Waals surface area (Å²) in [5.74, 6) is 0.654. The summed E-state index contributed by atoms with van der Waals surface area (Å²) < 4.78 is 5.07. The molecule has 0 radical (unpaired) electrons. The highest BCUT2D eigenvalue weighted by Crippen LogP contribution is 2.21. The van der Waals surface area contributed by atoms with E-state index in [2.05, 4.69) is 20.5 Å². The number of esters is 1. The number of H-pyrrole nitrogens is 1. The monoisotopic (exact) mass is 270 g/mol. The second-order valence-corrected chi connectivity index (χ2v) is 5.26. The highest BCUT2D eigenvalue weighted by molar-refractivity contribution is 7.99. The van der Waals surface area contributed by atoms with E-state index in [0.717, 1.165) is 30.2 Å². The molecule has 7 heteroatoms. The van der Waals surface area contributed by atoms with Crippen molar-refractivity contribution in [2.24, 2.45) is 0 Å². The number of aromatic amines is 1. The molecule has 18 heavy (non-hydrogen) atoms. The minimum absolute atomic E-state index is 0.150. The topological polar surface area (TPSA) is 79.9 Å². The van der Waals surface area contributed by atoms with Crippen molar-refractivity contribution < 1.29 is 9.53 Å². The van der Waals surface area contributed by atoms with Gasteiger partial charge in [-0.05, 0) is 26.2 Å². The maximum Gasteiger partial charge on any atom is 0.323 e. The average Bonchev–Trinajstić information content (AvgIpc) is 3.02. The lowest BCUT2D eigenvalue weighted by atomic mass is 10.2. The molecule has 0 saturated heterocycles. The van der Waals surface area contributed by atoms with Gasteiger partial charge in [-0.3, -0.25) is 9.89 Å². The van der Waals surface area contributed by atoms with E-state index in [9.17, 15) is 4.79 Å². The molecule has 1 aliphatic rings. The van der Waals surface area contributed by atoms with Gasteiger partial charge in [0.05, 0.1) is 6.61 Å². The molecule has 1 aliphatic carbocycles. The molecule has 1 aromatic rings. The van der Waals surface area contributed by atoms with E-state index in [1.54, 1.807) is 11.8 Å². The van der Waals surface area contributed by atoms with Crippen molar-refractivity contribution in [2.45, 2.75) is 43.4 Å². The van der Waals surface area contributed by atoms with E-state index < -0.39 is 0 Å². The van der Waals surface area contributed by atoms with Gasteiger partial charge < -0.3 is 10.1 Å². The van der Waals surface area contributed by atoms with Gasteiger partial charge in [-0.15, -0.1) is 0 Å². The van der Waals surface area contributed by atoms with Crippen LogP contribution in [-0.2, 0) is 9.53 Å². The summed E-state index contributed by atoms with van der Waals surface area (Å²) in [7, 11) is 0. The van der Waals surface area contributed by atoms with E-state index in [-0.39, 0.29) is 12.0 Å². The third kappa shape index (κ3) is 4.30. The fraction of sp³-hybridized carbons (Fsp3) is 0.727. The SMILES string of the molecule is CCOC(=O)C(CCSc1ncn[nH]1)NC1CC1. The molecule has 100 valence electrons. The quantitative estimate of drug-likeness (QED) is 0.541. The summed E-state index contributed by atoms with van der Waals surface area (Å²) in [6.45, 7) is 2.26. The number of rotatable bonds is 8. The third-order valence-corrected chi connectivity index (χ3v) is 3.53. The molecule has 6 nitrogen and oxygen atoms in total. The van der Waals surface area contributed by atoms with Gasteiger partial charge in [0, 0.05) is 11.8 Å². The molecule has 1 aromatic heterocycles. The Morgan fingerprint density at radius 1 is 1.72 bits per heavy atom. The smallest absolute Gasteiger partial charge is 0.323 e. The standard InChI is InChI=1S/C11H18N4O2S/c1-2-17-10(16)9(14-8-3-4-8)5-6-18-11-12-7-13-15-11/h7-9,14H,2-6H2,1H3,(H,12,13,15). The van der Waals surface area contributed by atoms with Crippen LogP contribution in [-0.4, -0.2) is 45.6 Å². The molecule has 2 rings (SSSR count). The molecule has 1 unspecified atom stereocenters. The average molecular weight is 270 g/mol. The van der Waals surface area contributed by atoms with Crippen LogP contribution in [0.3, 0.4) is 0 Å². The summed E-state index contributed by atoms with van der Waals surface area (Å²) in [5.41, 5.74) is 0. The van der Waals surface area contributed by atoms with Crippen LogP contribution in [0.15, 0.2) is 11.5 Å².